The minimum atomic E-state index is -0.225. The van der Waals surface area contributed by atoms with Gasteiger partial charge in [0.2, 0.25) is 0 Å². The first kappa shape index (κ1) is 20.5. The van der Waals surface area contributed by atoms with E-state index in [9.17, 15) is 0 Å². The molecule has 0 heterocycles. The van der Waals surface area contributed by atoms with Crippen LogP contribution in [0.3, 0.4) is 0 Å². The van der Waals surface area contributed by atoms with Crippen LogP contribution in [0.25, 0.3) is 10.8 Å². The number of ether oxygens (including phenoxy) is 2. The van der Waals surface area contributed by atoms with Gasteiger partial charge in [-0.1, -0.05) is 64.4 Å². The molecule has 134 valence electrons. The zero-order valence-corrected chi connectivity index (χ0v) is 16.3. The first-order valence-corrected chi connectivity index (χ1v) is 9.42. The van der Waals surface area contributed by atoms with Gasteiger partial charge >= 0.3 is 0 Å². The van der Waals surface area contributed by atoms with Gasteiger partial charge in [0.1, 0.15) is 5.75 Å². The molecule has 0 N–H and O–H groups in total. The van der Waals surface area contributed by atoms with Crippen LogP contribution in [-0.4, -0.2) is 12.9 Å². The van der Waals surface area contributed by atoms with Crippen molar-refractivity contribution in [2.45, 2.75) is 73.0 Å². The van der Waals surface area contributed by atoms with Crippen LogP contribution in [-0.2, 0) is 4.74 Å². The molecule has 2 nitrogen and oxygen atoms in total. The highest BCUT2D eigenvalue weighted by molar-refractivity contribution is 5.91. The first-order chi connectivity index (χ1) is 11.6. The molecule has 2 heteroatoms. The van der Waals surface area contributed by atoms with Gasteiger partial charge in [-0.05, 0) is 49.6 Å². The van der Waals surface area contributed by atoms with Crippen LogP contribution < -0.4 is 4.74 Å². The summed E-state index contributed by atoms with van der Waals surface area (Å²) >= 11 is 0. The van der Waals surface area contributed by atoms with Crippen molar-refractivity contribution in [1.29, 1.82) is 0 Å². The summed E-state index contributed by atoms with van der Waals surface area (Å²) in [5, 5.41) is 2.47. The van der Waals surface area contributed by atoms with Crippen LogP contribution in [0.5, 0.6) is 5.75 Å². The molecule has 0 saturated carbocycles. The molecular weight excluding hydrogens is 296 g/mol. The molecule has 0 aromatic heterocycles. The maximum Gasteiger partial charge on any atom is 0.196 e. The second-order valence-corrected chi connectivity index (χ2v) is 6.06. The van der Waals surface area contributed by atoms with Gasteiger partial charge < -0.3 is 9.47 Å². The van der Waals surface area contributed by atoms with Crippen LogP contribution in [0, 0.1) is 0 Å². The first-order valence-electron chi connectivity index (χ1n) is 9.42. The zero-order chi connectivity index (χ0) is 17.9. The van der Waals surface area contributed by atoms with Crippen molar-refractivity contribution in [2.24, 2.45) is 0 Å². The maximum atomic E-state index is 5.95. The highest BCUT2D eigenvalue weighted by Crippen LogP contribution is 2.34. The molecule has 0 amide bonds. The Balaban J connectivity index is 0.000000891. The van der Waals surface area contributed by atoms with E-state index in [-0.39, 0.29) is 6.29 Å². The largest absolute Gasteiger partial charge is 0.465 e. The van der Waals surface area contributed by atoms with Gasteiger partial charge in [0.05, 0.1) is 0 Å². The minimum absolute atomic E-state index is 0.225. The second-order valence-electron chi connectivity index (χ2n) is 6.06. The lowest BCUT2D eigenvalue weighted by Gasteiger charge is -2.19. The molecule has 24 heavy (non-hydrogen) atoms. The predicted octanol–water partition coefficient (Wildman–Crippen LogP) is 6.92. The molecule has 0 radical (unpaired) electrons. The molecule has 0 bridgehead atoms. The van der Waals surface area contributed by atoms with Gasteiger partial charge in [-0.2, -0.15) is 0 Å². The third kappa shape index (κ3) is 5.52. The molecule has 2 rings (SSSR count). The summed E-state index contributed by atoms with van der Waals surface area (Å²) in [4.78, 5) is 0. The van der Waals surface area contributed by atoms with Crippen molar-refractivity contribution in [3.63, 3.8) is 0 Å². The van der Waals surface area contributed by atoms with Crippen molar-refractivity contribution in [3.05, 3.63) is 42.0 Å². The lowest BCUT2D eigenvalue weighted by molar-refractivity contribution is -0.0605. The summed E-state index contributed by atoms with van der Waals surface area (Å²) in [6.45, 7) is 13.3. The Labute approximate surface area is 148 Å². The van der Waals surface area contributed by atoms with Crippen molar-refractivity contribution >= 4 is 10.8 Å². The fourth-order valence-corrected chi connectivity index (χ4v) is 2.94. The monoisotopic (exact) mass is 330 g/mol. The summed E-state index contributed by atoms with van der Waals surface area (Å²) < 4.78 is 11.4. The number of fused-ring (bicyclic) bond motifs is 1. The van der Waals surface area contributed by atoms with Crippen molar-refractivity contribution < 1.29 is 9.47 Å². The molecule has 1 atom stereocenters. The van der Waals surface area contributed by atoms with Crippen LogP contribution >= 0.6 is 0 Å². The van der Waals surface area contributed by atoms with E-state index in [0.29, 0.717) is 12.5 Å². The average molecular weight is 331 g/mol. The zero-order valence-electron chi connectivity index (χ0n) is 16.3. The van der Waals surface area contributed by atoms with E-state index < -0.39 is 0 Å². The van der Waals surface area contributed by atoms with E-state index >= 15 is 0 Å². The predicted molar refractivity (Wildman–Crippen MR) is 105 cm³/mol. The van der Waals surface area contributed by atoms with Gasteiger partial charge in [0, 0.05) is 12.0 Å². The molecule has 0 spiro atoms. The number of hydrogen-bond acceptors (Lipinski definition) is 2. The Hall–Kier alpha value is -1.54. The molecular formula is C22H34O2. The lowest BCUT2D eigenvalue weighted by atomic mass is 9.89. The van der Waals surface area contributed by atoms with Crippen LogP contribution in [0.1, 0.15) is 72.3 Å². The number of rotatable bonds is 7. The Morgan fingerprint density at radius 2 is 1.42 bits per heavy atom. The van der Waals surface area contributed by atoms with Crippen molar-refractivity contribution in [3.8, 4) is 5.75 Å². The van der Waals surface area contributed by atoms with Gasteiger partial charge in [-0.3, -0.25) is 0 Å². The fourth-order valence-electron chi connectivity index (χ4n) is 2.94. The quantitative estimate of drug-likeness (QED) is 0.513. The SMILES string of the molecule is CCC.CCOC(C)Oc1cccc2c(C(CC)CC)cccc12. The Kier molecular flexibility index (Phi) is 9.48. The van der Waals surface area contributed by atoms with Gasteiger partial charge in [-0.25, -0.2) is 0 Å². The standard InChI is InChI=1S/C19H26O2.C3H8/c1-5-15(6-2)16-10-8-12-18-17(16)11-9-13-19(18)21-14(4)20-7-3;1-3-2/h8-15H,5-7H2,1-4H3;3H2,1-2H3. The molecule has 0 fully saturated rings. The molecule has 2 aromatic carbocycles. The fraction of sp³-hybridized carbons (Fsp3) is 0.545. The number of benzene rings is 2. The van der Waals surface area contributed by atoms with E-state index in [1.165, 1.54) is 22.8 Å². The normalized spacial score (nSPS) is 12.0. The van der Waals surface area contributed by atoms with Crippen LogP contribution in [0.4, 0.5) is 0 Å². The summed E-state index contributed by atoms with van der Waals surface area (Å²) in [6.07, 6.45) is 3.35. The molecule has 1 unspecified atom stereocenters. The van der Waals surface area contributed by atoms with Crippen molar-refractivity contribution in [2.75, 3.05) is 6.61 Å². The van der Waals surface area contributed by atoms with Gasteiger partial charge in [0.15, 0.2) is 6.29 Å². The van der Waals surface area contributed by atoms with E-state index in [2.05, 4.69) is 58.0 Å². The van der Waals surface area contributed by atoms with Gasteiger partial charge in [-0.15, -0.1) is 0 Å². The third-order valence-electron chi connectivity index (χ3n) is 4.04. The van der Waals surface area contributed by atoms with E-state index in [1.807, 2.05) is 19.9 Å². The summed E-state index contributed by atoms with van der Waals surface area (Å²) in [5.41, 5.74) is 1.42. The minimum Gasteiger partial charge on any atom is -0.465 e. The molecule has 2 aromatic rings. The molecule has 0 aliphatic rings. The van der Waals surface area contributed by atoms with E-state index in [0.717, 1.165) is 18.6 Å². The average Bonchev–Trinajstić information content (AvgIpc) is 2.57. The smallest absolute Gasteiger partial charge is 0.196 e. The van der Waals surface area contributed by atoms with E-state index in [4.69, 9.17) is 9.47 Å². The Morgan fingerprint density at radius 1 is 0.833 bits per heavy atom. The topological polar surface area (TPSA) is 18.5 Å². The lowest BCUT2D eigenvalue weighted by Crippen LogP contribution is -2.16. The van der Waals surface area contributed by atoms with Crippen LogP contribution in [0.15, 0.2) is 36.4 Å². The van der Waals surface area contributed by atoms with Crippen molar-refractivity contribution in [1.82, 2.24) is 0 Å². The molecule has 0 aliphatic carbocycles. The summed E-state index contributed by atoms with van der Waals surface area (Å²) in [5.74, 6) is 1.51. The maximum absolute atomic E-state index is 5.95. The Morgan fingerprint density at radius 3 is 2.00 bits per heavy atom. The number of hydrogen-bond donors (Lipinski definition) is 0. The van der Waals surface area contributed by atoms with Gasteiger partial charge in [0.25, 0.3) is 0 Å². The molecule has 0 aliphatic heterocycles. The summed E-state index contributed by atoms with van der Waals surface area (Å²) in [6, 6.07) is 12.8. The Bertz CT molecular complexity index is 588. The third-order valence-corrected chi connectivity index (χ3v) is 4.04. The molecule has 0 saturated heterocycles. The van der Waals surface area contributed by atoms with E-state index in [1.54, 1.807) is 0 Å². The second kappa shape index (κ2) is 11.1. The van der Waals surface area contributed by atoms with Crippen LogP contribution in [0.2, 0.25) is 0 Å². The highest BCUT2D eigenvalue weighted by atomic mass is 16.7. The highest BCUT2D eigenvalue weighted by Gasteiger charge is 2.13. The summed E-state index contributed by atoms with van der Waals surface area (Å²) in [7, 11) is 0.